The number of hydrogen-bond acceptors (Lipinski definition) is 3. The largest absolute Gasteiger partial charge is 0.331 e. The predicted octanol–water partition coefficient (Wildman–Crippen LogP) is 1.41. The molecule has 2 heterocycles. The van der Waals surface area contributed by atoms with E-state index >= 15 is 0 Å². The van der Waals surface area contributed by atoms with Crippen molar-refractivity contribution in [2.45, 2.75) is 39.2 Å². The maximum absolute atomic E-state index is 12.5. The van der Waals surface area contributed by atoms with Crippen molar-refractivity contribution in [2.75, 3.05) is 25.4 Å². The van der Waals surface area contributed by atoms with Crippen LogP contribution in [0, 0.1) is 11.8 Å². The number of thiol groups is 1. The summed E-state index contributed by atoms with van der Waals surface area (Å²) < 4.78 is 0. The molecular formula is C14H24N2O2S. The first kappa shape index (κ1) is 14.7. The molecule has 0 spiro atoms. The van der Waals surface area contributed by atoms with Crippen molar-refractivity contribution in [1.29, 1.82) is 0 Å². The monoisotopic (exact) mass is 284 g/mol. The van der Waals surface area contributed by atoms with Gasteiger partial charge < -0.3 is 9.80 Å². The highest BCUT2D eigenvalue weighted by Crippen LogP contribution is 2.24. The Morgan fingerprint density at radius 1 is 1.32 bits per heavy atom. The molecule has 4 nitrogen and oxygen atoms in total. The summed E-state index contributed by atoms with van der Waals surface area (Å²) in [6.45, 7) is 5.96. The molecule has 2 aliphatic heterocycles. The minimum atomic E-state index is -0.192. The van der Waals surface area contributed by atoms with E-state index in [1.807, 2.05) is 0 Å². The number of fused-ring (bicyclic) bond motifs is 1. The first-order chi connectivity index (χ1) is 9.04. The molecule has 0 bridgehead atoms. The van der Waals surface area contributed by atoms with Gasteiger partial charge in [-0.25, -0.2) is 0 Å². The number of piperazine rings is 1. The first-order valence-corrected chi connectivity index (χ1v) is 7.87. The van der Waals surface area contributed by atoms with E-state index in [9.17, 15) is 9.59 Å². The van der Waals surface area contributed by atoms with Crippen LogP contribution in [0.5, 0.6) is 0 Å². The molecule has 108 valence electrons. The summed E-state index contributed by atoms with van der Waals surface area (Å²) in [5.74, 6) is 1.85. The second kappa shape index (κ2) is 6.16. The molecule has 5 heteroatoms. The van der Waals surface area contributed by atoms with Gasteiger partial charge in [0.2, 0.25) is 11.8 Å². The molecule has 2 fully saturated rings. The third-order valence-corrected chi connectivity index (χ3v) is 4.85. The van der Waals surface area contributed by atoms with Crippen LogP contribution >= 0.6 is 12.6 Å². The van der Waals surface area contributed by atoms with Crippen molar-refractivity contribution < 1.29 is 9.59 Å². The smallest absolute Gasteiger partial charge is 0.245 e. The molecule has 2 atom stereocenters. The van der Waals surface area contributed by atoms with E-state index in [2.05, 4.69) is 26.5 Å². The maximum atomic E-state index is 12.5. The molecule has 2 unspecified atom stereocenters. The first-order valence-electron chi connectivity index (χ1n) is 7.23. The van der Waals surface area contributed by atoms with Gasteiger partial charge in [0.15, 0.2) is 0 Å². The van der Waals surface area contributed by atoms with Crippen LogP contribution in [0.1, 0.15) is 33.1 Å². The van der Waals surface area contributed by atoms with E-state index in [0.29, 0.717) is 18.4 Å². The highest BCUT2D eigenvalue weighted by atomic mass is 32.1. The number of hydrogen-bond donors (Lipinski definition) is 1. The van der Waals surface area contributed by atoms with Gasteiger partial charge in [-0.15, -0.1) is 0 Å². The minimum Gasteiger partial charge on any atom is -0.331 e. The molecular weight excluding hydrogens is 260 g/mol. The number of nitrogens with zero attached hydrogens (tertiary/aromatic N) is 2. The van der Waals surface area contributed by atoms with Crippen molar-refractivity contribution >= 4 is 24.4 Å². The molecule has 0 N–H and O–H groups in total. The van der Waals surface area contributed by atoms with Crippen molar-refractivity contribution in [2.24, 2.45) is 11.8 Å². The van der Waals surface area contributed by atoms with Crippen LogP contribution in [0.25, 0.3) is 0 Å². The zero-order chi connectivity index (χ0) is 14.0. The Hall–Kier alpha value is -0.710. The Morgan fingerprint density at radius 2 is 2.05 bits per heavy atom. The lowest BCUT2D eigenvalue weighted by Gasteiger charge is -2.43. The van der Waals surface area contributed by atoms with Crippen LogP contribution in [0.15, 0.2) is 0 Å². The Labute approximate surface area is 120 Å². The fourth-order valence-corrected chi connectivity index (χ4v) is 3.48. The zero-order valence-electron chi connectivity index (χ0n) is 11.8. The standard InChI is InChI=1S/C14H24N2O2S/c1-10(2)11(9-19)7-15-8-13(17)16-6-4-3-5-12(16)14(15)18/h10-12,19H,3-9H2,1-2H3. The molecule has 2 amide bonds. The summed E-state index contributed by atoms with van der Waals surface area (Å²) in [7, 11) is 0. The number of rotatable bonds is 4. The van der Waals surface area contributed by atoms with Gasteiger partial charge in [-0.05, 0) is 36.9 Å². The average molecular weight is 284 g/mol. The van der Waals surface area contributed by atoms with Gasteiger partial charge in [-0.2, -0.15) is 12.6 Å². The highest BCUT2D eigenvalue weighted by Gasteiger charge is 2.40. The quantitative estimate of drug-likeness (QED) is 0.793. The lowest BCUT2D eigenvalue weighted by molar-refractivity contribution is -0.158. The summed E-state index contributed by atoms with van der Waals surface area (Å²) >= 11 is 4.37. The fourth-order valence-electron chi connectivity index (χ4n) is 2.95. The van der Waals surface area contributed by atoms with Gasteiger partial charge in [0, 0.05) is 13.1 Å². The summed E-state index contributed by atoms with van der Waals surface area (Å²) in [5.41, 5.74) is 0. The topological polar surface area (TPSA) is 40.6 Å². The molecule has 0 aromatic rings. The van der Waals surface area contributed by atoms with E-state index in [-0.39, 0.29) is 24.4 Å². The second-order valence-corrected chi connectivity index (χ2v) is 6.37. The molecule has 0 radical (unpaired) electrons. The third kappa shape index (κ3) is 3.07. The molecule has 19 heavy (non-hydrogen) atoms. The molecule has 0 aliphatic carbocycles. The Balaban J connectivity index is 2.06. The van der Waals surface area contributed by atoms with Gasteiger partial charge in [0.1, 0.15) is 6.04 Å². The van der Waals surface area contributed by atoms with Crippen molar-refractivity contribution in [3.8, 4) is 0 Å². The van der Waals surface area contributed by atoms with E-state index in [1.54, 1.807) is 9.80 Å². The average Bonchev–Trinajstić information content (AvgIpc) is 2.41. The van der Waals surface area contributed by atoms with E-state index in [0.717, 1.165) is 31.6 Å². The van der Waals surface area contributed by atoms with Gasteiger partial charge in [0.25, 0.3) is 0 Å². The van der Waals surface area contributed by atoms with Crippen molar-refractivity contribution in [3.05, 3.63) is 0 Å². The van der Waals surface area contributed by atoms with Crippen LogP contribution in [0.2, 0.25) is 0 Å². The Kier molecular flexibility index (Phi) is 4.76. The van der Waals surface area contributed by atoms with E-state index < -0.39 is 0 Å². The summed E-state index contributed by atoms with van der Waals surface area (Å²) in [5, 5.41) is 0. The highest BCUT2D eigenvalue weighted by molar-refractivity contribution is 7.80. The predicted molar refractivity (Wildman–Crippen MR) is 78.1 cm³/mol. The van der Waals surface area contributed by atoms with Gasteiger partial charge in [-0.3, -0.25) is 9.59 Å². The van der Waals surface area contributed by atoms with E-state index in [4.69, 9.17) is 0 Å². The summed E-state index contributed by atoms with van der Waals surface area (Å²) in [6.07, 6.45) is 2.91. The van der Waals surface area contributed by atoms with Gasteiger partial charge in [0.05, 0.1) is 6.54 Å². The maximum Gasteiger partial charge on any atom is 0.245 e. The van der Waals surface area contributed by atoms with Crippen LogP contribution < -0.4 is 0 Å². The summed E-state index contributed by atoms with van der Waals surface area (Å²) in [4.78, 5) is 28.2. The van der Waals surface area contributed by atoms with E-state index in [1.165, 1.54) is 0 Å². The van der Waals surface area contributed by atoms with Crippen molar-refractivity contribution in [3.63, 3.8) is 0 Å². The SMILES string of the molecule is CC(C)C(CS)CN1CC(=O)N2CCCCC2C1=O. The minimum absolute atomic E-state index is 0.117. The van der Waals surface area contributed by atoms with Gasteiger partial charge >= 0.3 is 0 Å². The van der Waals surface area contributed by atoms with Crippen molar-refractivity contribution in [1.82, 2.24) is 9.80 Å². The van der Waals surface area contributed by atoms with Gasteiger partial charge in [-0.1, -0.05) is 13.8 Å². The van der Waals surface area contributed by atoms with Crippen LogP contribution in [-0.4, -0.2) is 53.0 Å². The lowest BCUT2D eigenvalue weighted by atomic mass is 9.94. The summed E-state index contributed by atoms with van der Waals surface area (Å²) in [6, 6.07) is -0.192. The normalized spacial score (nSPS) is 25.8. The van der Waals surface area contributed by atoms with Crippen LogP contribution in [0.4, 0.5) is 0 Å². The molecule has 0 aromatic carbocycles. The molecule has 2 aliphatic rings. The van der Waals surface area contributed by atoms with Crippen LogP contribution in [-0.2, 0) is 9.59 Å². The molecule has 2 saturated heterocycles. The van der Waals surface area contributed by atoms with Crippen LogP contribution in [0.3, 0.4) is 0 Å². The number of amides is 2. The second-order valence-electron chi connectivity index (χ2n) is 6.00. The Morgan fingerprint density at radius 3 is 2.68 bits per heavy atom. The third-order valence-electron chi connectivity index (χ3n) is 4.38. The number of carbonyl (C=O) groups is 2. The molecule has 0 aromatic heterocycles. The Bertz CT molecular complexity index is 359. The fraction of sp³-hybridized carbons (Fsp3) is 0.857. The lowest BCUT2D eigenvalue weighted by Crippen LogP contribution is -2.62. The molecule has 2 rings (SSSR count). The zero-order valence-corrected chi connectivity index (χ0v) is 12.7. The number of piperidine rings is 1. The molecule has 0 saturated carbocycles. The number of carbonyl (C=O) groups excluding carboxylic acids is 2.